The van der Waals surface area contributed by atoms with Crippen LogP contribution < -0.4 is 0 Å². The molecule has 0 aliphatic rings. The fraction of sp³-hybridized carbons (Fsp3) is 0.917. The maximum absolute atomic E-state index is 11.3. The smallest absolute Gasteiger partial charge is 0.451 e. The van der Waals surface area contributed by atoms with Crippen molar-refractivity contribution in [2.75, 3.05) is 6.61 Å². The lowest BCUT2D eigenvalue weighted by Crippen LogP contribution is -2.15. The molecule has 0 aliphatic carbocycles. The molecule has 1 N–H and O–H groups in total. The highest BCUT2D eigenvalue weighted by Gasteiger charge is 2.16. The van der Waals surface area contributed by atoms with Gasteiger partial charge in [-0.15, -0.1) is 0 Å². The first-order valence-corrected chi connectivity index (χ1v) is 14.0. The molecule has 8 heteroatoms. The average molecular weight is 481 g/mol. The van der Waals surface area contributed by atoms with Gasteiger partial charge in [-0.3, -0.25) is 9.59 Å². The molecule has 0 fully saturated rings. The van der Waals surface area contributed by atoms with Crippen molar-refractivity contribution in [3.8, 4) is 0 Å². The summed E-state index contributed by atoms with van der Waals surface area (Å²) in [7, 11) is -4.16. The number of unbranched alkanes of at least 4 members (excludes halogenated alkanes) is 15. The van der Waals surface area contributed by atoms with Crippen LogP contribution >= 0.6 is 0 Å². The minimum Gasteiger partial charge on any atom is -0.481 e. The zero-order chi connectivity index (χ0) is 24.5. The molecule has 0 spiro atoms. The monoisotopic (exact) mass is 480 g/mol. The molecule has 0 bridgehead atoms. The van der Waals surface area contributed by atoms with Crippen molar-refractivity contribution in [1.29, 1.82) is 0 Å². The van der Waals surface area contributed by atoms with E-state index >= 15 is 0 Å². The van der Waals surface area contributed by atoms with Crippen LogP contribution in [0.15, 0.2) is 0 Å². The molecule has 32 heavy (non-hydrogen) atoms. The number of rotatable bonds is 21. The van der Waals surface area contributed by atoms with Crippen molar-refractivity contribution < 1.29 is 31.5 Å². The third kappa shape index (κ3) is 28.9. The van der Waals surface area contributed by atoms with E-state index in [1.54, 1.807) is 6.92 Å². The van der Waals surface area contributed by atoms with Gasteiger partial charge >= 0.3 is 22.3 Å². The number of hydrogen-bond donors (Lipinski definition) is 1. The molecule has 0 atom stereocenters. The molecular formula is C24H48O7S. The highest BCUT2D eigenvalue weighted by atomic mass is 32.3. The number of carbonyl (C=O) groups excluding carboxylic acids is 1. The Bertz CT molecular complexity index is 532. The Labute approximate surface area is 197 Å². The normalized spacial score (nSPS) is 11.0. The first-order valence-electron chi connectivity index (χ1n) is 12.6. The Morgan fingerprint density at radius 2 is 0.969 bits per heavy atom. The summed E-state index contributed by atoms with van der Waals surface area (Å²) >= 11 is 0. The predicted molar refractivity (Wildman–Crippen MR) is 129 cm³/mol. The Hall–Kier alpha value is -1.15. The van der Waals surface area contributed by atoms with E-state index in [0.717, 1.165) is 12.8 Å². The third-order valence-electron chi connectivity index (χ3n) is 5.01. The van der Waals surface area contributed by atoms with E-state index in [1.807, 2.05) is 0 Å². The molecule has 0 rings (SSSR count). The van der Waals surface area contributed by atoms with Crippen molar-refractivity contribution >= 4 is 22.3 Å². The molecule has 0 saturated carbocycles. The van der Waals surface area contributed by atoms with Crippen molar-refractivity contribution in [3.63, 3.8) is 0 Å². The molecule has 0 saturated heterocycles. The van der Waals surface area contributed by atoms with Crippen LogP contribution in [0.4, 0.5) is 0 Å². The Morgan fingerprint density at radius 3 is 1.28 bits per heavy atom. The minimum absolute atomic E-state index is 0.0155. The van der Waals surface area contributed by atoms with Crippen LogP contribution in [-0.2, 0) is 28.4 Å². The molecule has 0 amide bonds. The van der Waals surface area contributed by atoms with Crippen LogP contribution in [0.2, 0.25) is 0 Å². The molecule has 0 aromatic heterocycles. The SMILES string of the molecule is CCC(=O)O.CCCCCCCCCCCCCCCCCCOS(=O)(=O)OC(=O)CC. The Morgan fingerprint density at radius 1 is 0.625 bits per heavy atom. The quantitative estimate of drug-likeness (QED) is 0.177. The summed E-state index contributed by atoms with van der Waals surface area (Å²) < 4.78 is 31.5. The van der Waals surface area contributed by atoms with E-state index in [2.05, 4.69) is 15.3 Å². The second-order valence-electron chi connectivity index (χ2n) is 8.09. The van der Waals surface area contributed by atoms with Crippen LogP contribution in [-0.4, -0.2) is 32.1 Å². The fourth-order valence-electron chi connectivity index (χ4n) is 3.01. The first-order chi connectivity index (χ1) is 15.3. The van der Waals surface area contributed by atoms with Crippen molar-refractivity contribution in [1.82, 2.24) is 0 Å². The van der Waals surface area contributed by atoms with Crippen LogP contribution in [0, 0.1) is 0 Å². The van der Waals surface area contributed by atoms with Crippen LogP contribution in [0.25, 0.3) is 0 Å². The summed E-state index contributed by atoms with van der Waals surface area (Å²) in [6.07, 6.45) is 20.5. The van der Waals surface area contributed by atoms with E-state index in [4.69, 9.17) is 5.11 Å². The lowest BCUT2D eigenvalue weighted by molar-refractivity contribution is -0.137. The van der Waals surface area contributed by atoms with Gasteiger partial charge in [-0.25, -0.2) is 4.18 Å². The van der Waals surface area contributed by atoms with Gasteiger partial charge in [-0.1, -0.05) is 117 Å². The molecule has 0 aromatic carbocycles. The lowest BCUT2D eigenvalue weighted by atomic mass is 10.0. The maximum Gasteiger partial charge on any atom is 0.451 e. The van der Waals surface area contributed by atoms with Gasteiger partial charge in [0, 0.05) is 12.8 Å². The summed E-state index contributed by atoms with van der Waals surface area (Å²) in [6, 6.07) is 0. The van der Waals surface area contributed by atoms with Gasteiger partial charge in [0.15, 0.2) is 0 Å². The second kappa shape index (κ2) is 24.5. The highest BCUT2D eigenvalue weighted by Crippen LogP contribution is 2.14. The van der Waals surface area contributed by atoms with Gasteiger partial charge in [0.05, 0.1) is 6.61 Å². The Kier molecular flexibility index (Phi) is 25.3. The van der Waals surface area contributed by atoms with Gasteiger partial charge in [-0.05, 0) is 6.42 Å². The first kappa shape index (κ1) is 33.0. The zero-order valence-corrected chi connectivity index (χ0v) is 21.6. The summed E-state index contributed by atoms with van der Waals surface area (Å²) in [5.74, 6) is -1.54. The fourth-order valence-corrected chi connectivity index (χ4v) is 3.72. The van der Waals surface area contributed by atoms with E-state index in [-0.39, 0.29) is 19.4 Å². The van der Waals surface area contributed by atoms with Gasteiger partial charge in [0.2, 0.25) is 0 Å². The molecular weight excluding hydrogens is 432 g/mol. The number of carboxylic acid groups (broad SMARTS) is 1. The third-order valence-corrected chi connectivity index (χ3v) is 5.86. The number of carboxylic acids is 1. The van der Waals surface area contributed by atoms with Crippen molar-refractivity contribution in [2.45, 2.75) is 136 Å². The van der Waals surface area contributed by atoms with Crippen LogP contribution in [0.1, 0.15) is 136 Å². The van der Waals surface area contributed by atoms with E-state index in [0.29, 0.717) is 6.42 Å². The van der Waals surface area contributed by atoms with Gasteiger partial charge < -0.3 is 9.29 Å². The van der Waals surface area contributed by atoms with Gasteiger partial charge in [0.1, 0.15) is 0 Å². The lowest BCUT2D eigenvalue weighted by Gasteiger charge is -2.05. The topological polar surface area (TPSA) is 107 Å². The molecule has 0 aromatic rings. The van der Waals surface area contributed by atoms with E-state index in [9.17, 15) is 18.0 Å². The van der Waals surface area contributed by atoms with Crippen molar-refractivity contribution in [3.05, 3.63) is 0 Å². The highest BCUT2D eigenvalue weighted by molar-refractivity contribution is 7.82. The molecule has 0 heterocycles. The maximum atomic E-state index is 11.3. The van der Waals surface area contributed by atoms with Crippen LogP contribution in [0.3, 0.4) is 0 Å². The standard InChI is InChI=1S/C21H42O5S.C3H6O2/c1-3-5-6-7-8-9-10-11-12-13-14-15-16-17-18-19-20-25-27(23,24)26-21(22)4-2;1-2-3(4)5/h3-20H2,1-2H3;2H2,1H3,(H,4,5). The minimum atomic E-state index is -4.16. The summed E-state index contributed by atoms with van der Waals surface area (Å²) in [4.78, 5) is 20.3. The molecule has 0 unspecified atom stereocenters. The molecule has 7 nitrogen and oxygen atoms in total. The molecule has 192 valence electrons. The molecule has 0 aliphatic heterocycles. The predicted octanol–water partition coefficient (Wildman–Crippen LogP) is 6.94. The summed E-state index contributed by atoms with van der Waals surface area (Å²) in [5.41, 5.74) is 0. The average Bonchev–Trinajstić information content (AvgIpc) is 2.75. The van der Waals surface area contributed by atoms with Crippen molar-refractivity contribution in [2.24, 2.45) is 0 Å². The molecule has 0 radical (unpaired) electrons. The van der Waals surface area contributed by atoms with Gasteiger partial charge in [0.25, 0.3) is 0 Å². The van der Waals surface area contributed by atoms with Gasteiger partial charge in [-0.2, -0.15) is 8.42 Å². The largest absolute Gasteiger partial charge is 0.481 e. The zero-order valence-electron chi connectivity index (χ0n) is 20.7. The number of carbonyl (C=O) groups is 2. The number of hydrogen-bond acceptors (Lipinski definition) is 6. The Balaban J connectivity index is 0. The summed E-state index contributed by atoms with van der Waals surface area (Å²) in [5, 5.41) is 7.72. The van der Waals surface area contributed by atoms with E-state index < -0.39 is 22.3 Å². The number of aliphatic carboxylic acids is 1. The summed E-state index contributed by atoms with van der Waals surface area (Å²) in [6.45, 7) is 5.48. The second-order valence-corrected chi connectivity index (χ2v) is 9.31. The van der Waals surface area contributed by atoms with E-state index in [1.165, 1.54) is 90.4 Å². The van der Waals surface area contributed by atoms with Crippen LogP contribution in [0.5, 0.6) is 0 Å².